The highest BCUT2D eigenvalue weighted by molar-refractivity contribution is 5.77. The molecule has 0 spiro atoms. The molecule has 6 nitrogen and oxygen atoms in total. The molecule has 1 aliphatic rings. The summed E-state index contributed by atoms with van der Waals surface area (Å²) in [5, 5.41) is 5.68. The Bertz CT molecular complexity index is 440. The molecule has 0 aromatic carbocycles. The highest BCUT2D eigenvalue weighted by Crippen LogP contribution is 2.13. The highest BCUT2D eigenvalue weighted by Gasteiger charge is 2.16. The third-order valence-electron chi connectivity index (χ3n) is 3.78. The van der Waals surface area contributed by atoms with E-state index in [9.17, 15) is 4.79 Å². The smallest absolute Gasteiger partial charge is 0.234 e. The van der Waals surface area contributed by atoms with E-state index in [1.54, 1.807) is 7.05 Å². The predicted molar refractivity (Wildman–Crippen MR) is 84.3 cm³/mol. The lowest BCUT2D eigenvalue weighted by Gasteiger charge is -2.34. The van der Waals surface area contributed by atoms with E-state index >= 15 is 0 Å². The number of aromatic nitrogens is 1. The van der Waals surface area contributed by atoms with E-state index in [-0.39, 0.29) is 5.91 Å². The number of nitrogens with one attached hydrogen (secondary N) is 2. The van der Waals surface area contributed by atoms with Crippen molar-refractivity contribution < 1.29 is 4.79 Å². The fourth-order valence-electron chi connectivity index (χ4n) is 2.43. The molecule has 1 aliphatic heterocycles. The standard InChI is InChI=1S/C15H25N5O/c1-3-19-6-8-20(9-7-19)14-5-4-13(10-17-14)11-18-15(21)12-16-2/h4-5,10,16H,3,6-9,11-12H2,1-2H3,(H,18,21). The number of rotatable bonds is 6. The Balaban J connectivity index is 1.83. The summed E-state index contributed by atoms with van der Waals surface area (Å²) in [6, 6.07) is 4.08. The molecule has 1 saturated heterocycles. The number of carbonyl (C=O) groups is 1. The van der Waals surface area contributed by atoms with Crippen molar-refractivity contribution in [3.63, 3.8) is 0 Å². The van der Waals surface area contributed by atoms with Gasteiger partial charge in [-0.25, -0.2) is 4.98 Å². The van der Waals surface area contributed by atoms with Crippen LogP contribution in [0.1, 0.15) is 12.5 Å². The molecule has 1 fully saturated rings. The van der Waals surface area contributed by atoms with Gasteiger partial charge in [-0.2, -0.15) is 0 Å². The Morgan fingerprint density at radius 1 is 1.29 bits per heavy atom. The first-order valence-electron chi connectivity index (χ1n) is 7.56. The number of nitrogens with zero attached hydrogens (tertiary/aromatic N) is 3. The largest absolute Gasteiger partial charge is 0.354 e. The summed E-state index contributed by atoms with van der Waals surface area (Å²) in [6.45, 7) is 8.43. The summed E-state index contributed by atoms with van der Waals surface area (Å²) in [5.74, 6) is 1.02. The molecule has 0 saturated carbocycles. The van der Waals surface area contributed by atoms with E-state index in [2.05, 4.69) is 32.3 Å². The summed E-state index contributed by atoms with van der Waals surface area (Å²) in [7, 11) is 1.76. The van der Waals surface area contributed by atoms with E-state index < -0.39 is 0 Å². The van der Waals surface area contributed by atoms with Crippen molar-refractivity contribution in [3.8, 4) is 0 Å². The normalized spacial score (nSPS) is 16.0. The number of pyridine rings is 1. The molecule has 1 amide bonds. The van der Waals surface area contributed by atoms with Crippen LogP contribution in [0, 0.1) is 0 Å². The lowest BCUT2D eigenvalue weighted by molar-refractivity contribution is -0.120. The fraction of sp³-hybridized carbons (Fsp3) is 0.600. The van der Waals surface area contributed by atoms with Crippen molar-refractivity contribution in [1.29, 1.82) is 0 Å². The van der Waals surface area contributed by atoms with Gasteiger partial charge in [0.15, 0.2) is 0 Å². The molecule has 116 valence electrons. The summed E-state index contributed by atoms with van der Waals surface area (Å²) in [5.41, 5.74) is 1.02. The predicted octanol–water partition coefficient (Wildman–Crippen LogP) is 0.0591. The van der Waals surface area contributed by atoms with Gasteiger partial charge in [0.25, 0.3) is 0 Å². The summed E-state index contributed by atoms with van der Waals surface area (Å²) in [6.07, 6.45) is 1.85. The zero-order valence-electron chi connectivity index (χ0n) is 12.9. The van der Waals surface area contributed by atoms with Crippen molar-refractivity contribution in [2.24, 2.45) is 0 Å². The quantitative estimate of drug-likeness (QED) is 0.776. The van der Waals surface area contributed by atoms with Crippen LogP contribution < -0.4 is 15.5 Å². The zero-order chi connectivity index (χ0) is 15.1. The lowest BCUT2D eigenvalue weighted by Crippen LogP contribution is -2.46. The maximum Gasteiger partial charge on any atom is 0.234 e. The van der Waals surface area contributed by atoms with Crippen LogP contribution in [-0.2, 0) is 11.3 Å². The third kappa shape index (κ3) is 4.68. The van der Waals surface area contributed by atoms with Crippen LogP contribution >= 0.6 is 0 Å². The topological polar surface area (TPSA) is 60.5 Å². The highest BCUT2D eigenvalue weighted by atomic mass is 16.1. The molecule has 1 aromatic rings. The van der Waals surface area contributed by atoms with Crippen LogP contribution in [0.4, 0.5) is 5.82 Å². The fourth-order valence-corrected chi connectivity index (χ4v) is 2.43. The maximum absolute atomic E-state index is 11.4. The Hall–Kier alpha value is -1.66. The van der Waals surface area contributed by atoms with Gasteiger partial charge in [0.1, 0.15) is 5.82 Å². The SMILES string of the molecule is CCN1CCN(c2ccc(CNC(=O)CNC)cn2)CC1. The number of likely N-dealkylation sites (N-methyl/N-ethyl adjacent to an activating group) is 2. The van der Waals surface area contributed by atoms with Crippen molar-refractivity contribution >= 4 is 11.7 Å². The van der Waals surface area contributed by atoms with Crippen LogP contribution in [0.5, 0.6) is 0 Å². The Morgan fingerprint density at radius 2 is 2.05 bits per heavy atom. The van der Waals surface area contributed by atoms with Crippen molar-refractivity contribution in [2.45, 2.75) is 13.5 Å². The molecule has 6 heteroatoms. The molecule has 1 aromatic heterocycles. The molecule has 0 radical (unpaired) electrons. The Morgan fingerprint density at radius 3 is 2.62 bits per heavy atom. The maximum atomic E-state index is 11.4. The first-order chi connectivity index (χ1) is 10.2. The third-order valence-corrected chi connectivity index (χ3v) is 3.78. The molecular formula is C15H25N5O. The number of amides is 1. The van der Waals surface area contributed by atoms with Crippen LogP contribution in [0.25, 0.3) is 0 Å². The van der Waals surface area contributed by atoms with Crippen LogP contribution in [0.3, 0.4) is 0 Å². The van der Waals surface area contributed by atoms with Gasteiger partial charge in [-0.15, -0.1) is 0 Å². The van der Waals surface area contributed by atoms with Gasteiger partial charge < -0.3 is 20.4 Å². The van der Waals surface area contributed by atoms with Crippen molar-refractivity contribution in [2.75, 3.05) is 51.2 Å². The van der Waals surface area contributed by atoms with E-state index in [0.29, 0.717) is 13.1 Å². The Labute approximate surface area is 126 Å². The molecule has 2 heterocycles. The second kappa shape index (κ2) is 7.95. The molecule has 0 atom stereocenters. The molecule has 0 aliphatic carbocycles. The first-order valence-corrected chi connectivity index (χ1v) is 7.56. The van der Waals surface area contributed by atoms with Gasteiger partial charge in [0.05, 0.1) is 6.54 Å². The minimum Gasteiger partial charge on any atom is -0.354 e. The summed E-state index contributed by atoms with van der Waals surface area (Å²) >= 11 is 0. The monoisotopic (exact) mass is 291 g/mol. The average Bonchev–Trinajstić information content (AvgIpc) is 2.54. The van der Waals surface area contributed by atoms with Gasteiger partial charge in [0, 0.05) is 38.9 Å². The summed E-state index contributed by atoms with van der Waals surface area (Å²) in [4.78, 5) is 20.7. The van der Waals surface area contributed by atoms with Crippen molar-refractivity contribution in [1.82, 2.24) is 20.5 Å². The number of piperazine rings is 1. The van der Waals surface area contributed by atoms with E-state index in [0.717, 1.165) is 44.1 Å². The number of anilines is 1. The first kappa shape index (κ1) is 15.7. The molecular weight excluding hydrogens is 266 g/mol. The van der Waals surface area contributed by atoms with Gasteiger partial charge in [-0.3, -0.25) is 4.79 Å². The van der Waals surface area contributed by atoms with Crippen LogP contribution in [0.15, 0.2) is 18.3 Å². The van der Waals surface area contributed by atoms with Crippen LogP contribution in [0.2, 0.25) is 0 Å². The lowest BCUT2D eigenvalue weighted by atomic mass is 10.2. The average molecular weight is 291 g/mol. The van der Waals surface area contributed by atoms with E-state index in [4.69, 9.17) is 0 Å². The summed E-state index contributed by atoms with van der Waals surface area (Å²) < 4.78 is 0. The number of hydrogen-bond acceptors (Lipinski definition) is 5. The van der Waals surface area contributed by atoms with Crippen LogP contribution in [-0.4, -0.2) is 62.1 Å². The molecule has 2 rings (SSSR count). The molecule has 0 unspecified atom stereocenters. The molecule has 21 heavy (non-hydrogen) atoms. The number of carbonyl (C=O) groups excluding carboxylic acids is 1. The molecule has 0 bridgehead atoms. The molecule has 2 N–H and O–H groups in total. The minimum absolute atomic E-state index is 0.00253. The van der Waals surface area contributed by atoms with E-state index in [1.165, 1.54) is 0 Å². The minimum atomic E-state index is -0.00253. The van der Waals surface area contributed by atoms with Crippen molar-refractivity contribution in [3.05, 3.63) is 23.9 Å². The number of hydrogen-bond donors (Lipinski definition) is 2. The second-order valence-electron chi connectivity index (χ2n) is 5.25. The van der Waals surface area contributed by atoms with Gasteiger partial charge in [-0.05, 0) is 25.2 Å². The van der Waals surface area contributed by atoms with E-state index in [1.807, 2.05) is 18.3 Å². The van der Waals surface area contributed by atoms with Gasteiger partial charge in [-0.1, -0.05) is 13.0 Å². The Kier molecular flexibility index (Phi) is 5.95. The zero-order valence-corrected chi connectivity index (χ0v) is 12.9. The van der Waals surface area contributed by atoms with Gasteiger partial charge in [0.2, 0.25) is 5.91 Å². The van der Waals surface area contributed by atoms with Gasteiger partial charge >= 0.3 is 0 Å². The second-order valence-corrected chi connectivity index (χ2v) is 5.25.